The van der Waals surface area contributed by atoms with Gasteiger partial charge in [-0.3, -0.25) is 4.79 Å². The lowest BCUT2D eigenvalue weighted by atomic mass is 10.1. The predicted molar refractivity (Wildman–Crippen MR) is 62.9 cm³/mol. The maximum absolute atomic E-state index is 11.0. The molecule has 0 spiro atoms. The highest BCUT2D eigenvalue weighted by Crippen LogP contribution is 2.19. The van der Waals surface area contributed by atoms with E-state index in [4.69, 9.17) is 9.47 Å². The van der Waals surface area contributed by atoms with Crippen LogP contribution >= 0.6 is 0 Å². The van der Waals surface area contributed by atoms with Gasteiger partial charge in [0.2, 0.25) is 5.79 Å². The van der Waals surface area contributed by atoms with Crippen molar-refractivity contribution in [3.8, 4) is 0 Å². The summed E-state index contributed by atoms with van der Waals surface area (Å²) in [5.74, 6) is -0.963. The fraction of sp³-hybridized carbons (Fsp3) is 0.308. The normalized spacial score (nSPS) is 19.0. The first-order valence-electron chi connectivity index (χ1n) is 5.12. The van der Waals surface area contributed by atoms with E-state index in [1.54, 1.807) is 19.3 Å². The van der Waals surface area contributed by atoms with Crippen molar-refractivity contribution in [2.24, 2.45) is 0 Å². The van der Waals surface area contributed by atoms with Gasteiger partial charge in [-0.15, -0.1) is 0 Å². The number of carbonyl (C=O) groups excluding carboxylic acids is 1. The molecule has 0 bridgehead atoms. The minimum absolute atomic E-state index is 0.0549. The van der Waals surface area contributed by atoms with E-state index in [1.165, 1.54) is 12.2 Å². The lowest BCUT2D eigenvalue weighted by molar-refractivity contribution is -0.147. The van der Waals surface area contributed by atoms with Gasteiger partial charge in [-0.05, 0) is 31.2 Å². The van der Waals surface area contributed by atoms with E-state index in [0.29, 0.717) is 6.61 Å². The van der Waals surface area contributed by atoms with Crippen LogP contribution in [0.15, 0.2) is 48.6 Å². The average molecular weight is 220 g/mol. The Hall–Kier alpha value is -1.45. The molecule has 0 aromatic carbocycles. The SMILES string of the molecule is C/C=C/C=C/COC1(OC)C=CC(=O)C=C1. The zero-order chi connectivity index (χ0) is 11.9. The molecular weight excluding hydrogens is 204 g/mol. The van der Waals surface area contributed by atoms with Crippen molar-refractivity contribution in [2.75, 3.05) is 13.7 Å². The fourth-order valence-electron chi connectivity index (χ4n) is 1.22. The van der Waals surface area contributed by atoms with Crippen LogP contribution in [0.2, 0.25) is 0 Å². The standard InChI is InChI=1S/C13H16O3/c1-3-4-5-6-11-16-13(15-2)9-7-12(14)8-10-13/h3-10H,11H2,1-2H3/b4-3+,6-5+. The quantitative estimate of drug-likeness (QED) is 0.526. The summed E-state index contributed by atoms with van der Waals surface area (Å²) in [6, 6.07) is 0. The number of methoxy groups -OCH3 is 1. The van der Waals surface area contributed by atoms with Crippen LogP contribution in [0.3, 0.4) is 0 Å². The molecule has 0 saturated heterocycles. The Balaban J connectivity index is 2.52. The number of rotatable bonds is 5. The monoisotopic (exact) mass is 220 g/mol. The molecule has 86 valence electrons. The van der Waals surface area contributed by atoms with Gasteiger partial charge in [-0.1, -0.05) is 24.3 Å². The molecule has 0 fully saturated rings. The summed E-state index contributed by atoms with van der Waals surface area (Å²) in [7, 11) is 1.54. The summed E-state index contributed by atoms with van der Waals surface area (Å²) in [5.41, 5.74) is 0. The number of hydrogen-bond acceptors (Lipinski definition) is 3. The molecular formula is C13H16O3. The third-order valence-electron chi connectivity index (χ3n) is 2.12. The van der Waals surface area contributed by atoms with E-state index in [2.05, 4.69) is 0 Å². The number of ether oxygens (including phenoxy) is 2. The predicted octanol–water partition coefficient (Wildman–Crippen LogP) is 2.17. The number of ketones is 1. The molecule has 0 aliphatic heterocycles. The molecule has 0 amide bonds. The van der Waals surface area contributed by atoms with E-state index in [0.717, 1.165) is 0 Å². The lowest BCUT2D eigenvalue weighted by Crippen LogP contribution is -2.32. The van der Waals surface area contributed by atoms with Gasteiger partial charge in [0.25, 0.3) is 0 Å². The van der Waals surface area contributed by atoms with Crippen LogP contribution in [-0.2, 0) is 14.3 Å². The summed E-state index contributed by atoms with van der Waals surface area (Å²) in [4.78, 5) is 11.0. The van der Waals surface area contributed by atoms with Gasteiger partial charge >= 0.3 is 0 Å². The van der Waals surface area contributed by atoms with Crippen LogP contribution in [0.1, 0.15) is 6.92 Å². The van der Waals surface area contributed by atoms with Crippen LogP contribution in [0, 0.1) is 0 Å². The lowest BCUT2D eigenvalue weighted by Gasteiger charge is -2.26. The molecule has 0 N–H and O–H groups in total. The van der Waals surface area contributed by atoms with E-state index in [1.807, 2.05) is 31.2 Å². The van der Waals surface area contributed by atoms with Gasteiger partial charge in [0.05, 0.1) is 6.61 Å². The molecule has 0 heterocycles. The third kappa shape index (κ3) is 3.61. The molecule has 0 radical (unpaired) electrons. The van der Waals surface area contributed by atoms with Crippen molar-refractivity contribution in [2.45, 2.75) is 12.7 Å². The first-order valence-corrected chi connectivity index (χ1v) is 5.12. The molecule has 0 aromatic rings. The molecule has 0 aromatic heterocycles. The van der Waals surface area contributed by atoms with E-state index < -0.39 is 5.79 Å². The van der Waals surface area contributed by atoms with Gasteiger partial charge in [-0.25, -0.2) is 0 Å². The zero-order valence-corrected chi connectivity index (χ0v) is 9.55. The smallest absolute Gasteiger partial charge is 0.208 e. The molecule has 1 aliphatic rings. The van der Waals surface area contributed by atoms with Crippen molar-refractivity contribution in [3.63, 3.8) is 0 Å². The first-order chi connectivity index (χ1) is 7.72. The van der Waals surface area contributed by atoms with Crippen molar-refractivity contribution in [3.05, 3.63) is 48.6 Å². The van der Waals surface area contributed by atoms with E-state index in [-0.39, 0.29) is 5.78 Å². The second kappa shape index (κ2) is 6.20. The number of allylic oxidation sites excluding steroid dienone is 5. The zero-order valence-electron chi connectivity index (χ0n) is 9.55. The third-order valence-corrected chi connectivity index (χ3v) is 2.12. The highest BCUT2D eigenvalue weighted by Gasteiger charge is 2.26. The van der Waals surface area contributed by atoms with Crippen LogP contribution < -0.4 is 0 Å². The summed E-state index contributed by atoms with van der Waals surface area (Å²) in [6.07, 6.45) is 13.7. The fourth-order valence-corrected chi connectivity index (χ4v) is 1.22. The van der Waals surface area contributed by atoms with Gasteiger partial charge in [-0.2, -0.15) is 0 Å². The number of hydrogen-bond donors (Lipinski definition) is 0. The van der Waals surface area contributed by atoms with Crippen LogP contribution in [0.5, 0.6) is 0 Å². The Labute approximate surface area is 95.7 Å². The summed E-state index contributed by atoms with van der Waals surface area (Å²) < 4.78 is 10.8. The second-order valence-corrected chi connectivity index (χ2v) is 3.26. The molecule has 3 heteroatoms. The number of carbonyl (C=O) groups is 1. The Bertz CT molecular complexity index is 332. The molecule has 0 atom stereocenters. The highest BCUT2D eigenvalue weighted by atomic mass is 16.7. The topological polar surface area (TPSA) is 35.5 Å². The second-order valence-electron chi connectivity index (χ2n) is 3.26. The maximum atomic E-state index is 11.0. The Morgan fingerprint density at radius 2 is 2.00 bits per heavy atom. The first kappa shape index (κ1) is 12.6. The van der Waals surface area contributed by atoms with Crippen LogP contribution in [0.4, 0.5) is 0 Å². The van der Waals surface area contributed by atoms with Gasteiger partial charge in [0.1, 0.15) is 0 Å². The molecule has 0 saturated carbocycles. The summed E-state index contributed by atoms with van der Waals surface area (Å²) in [6.45, 7) is 2.36. The molecule has 16 heavy (non-hydrogen) atoms. The van der Waals surface area contributed by atoms with Crippen molar-refractivity contribution < 1.29 is 14.3 Å². The minimum Gasteiger partial charge on any atom is -0.346 e. The van der Waals surface area contributed by atoms with E-state index in [9.17, 15) is 4.79 Å². The van der Waals surface area contributed by atoms with Crippen molar-refractivity contribution >= 4 is 5.78 Å². The van der Waals surface area contributed by atoms with E-state index >= 15 is 0 Å². The highest BCUT2D eigenvalue weighted by molar-refractivity contribution is 6.00. The van der Waals surface area contributed by atoms with Crippen LogP contribution in [-0.4, -0.2) is 25.3 Å². The Morgan fingerprint density at radius 1 is 1.31 bits per heavy atom. The summed E-state index contributed by atoms with van der Waals surface area (Å²) in [5, 5.41) is 0. The summed E-state index contributed by atoms with van der Waals surface area (Å²) >= 11 is 0. The molecule has 1 aliphatic carbocycles. The van der Waals surface area contributed by atoms with Crippen molar-refractivity contribution in [1.82, 2.24) is 0 Å². The van der Waals surface area contributed by atoms with Crippen LogP contribution in [0.25, 0.3) is 0 Å². The average Bonchev–Trinajstić information content (AvgIpc) is 2.32. The molecule has 1 rings (SSSR count). The van der Waals surface area contributed by atoms with Gasteiger partial charge in [0.15, 0.2) is 5.78 Å². The minimum atomic E-state index is -0.909. The van der Waals surface area contributed by atoms with Gasteiger partial charge in [0, 0.05) is 7.11 Å². The molecule has 3 nitrogen and oxygen atoms in total. The Morgan fingerprint density at radius 3 is 2.56 bits per heavy atom. The molecule has 0 unspecified atom stereocenters. The van der Waals surface area contributed by atoms with Crippen molar-refractivity contribution in [1.29, 1.82) is 0 Å². The van der Waals surface area contributed by atoms with Gasteiger partial charge < -0.3 is 9.47 Å². The Kier molecular flexibility index (Phi) is 4.89. The maximum Gasteiger partial charge on any atom is 0.208 e. The largest absolute Gasteiger partial charge is 0.346 e.